The first kappa shape index (κ1) is 27.4. The minimum absolute atomic E-state index is 0.0524. The van der Waals surface area contributed by atoms with Gasteiger partial charge in [-0.05, 0) is 6.92 Å². The second-order valence-corrected chi connectivity index (χ2v) is 9.33. The summed E-state index contributed by atoms with van der Waals surface area (Å²) in [5.41, 5.74) is 0.129. The molecule has 0 amide bonds. The van der Waals surface area contributed by atoms with E-state index in [1.807, 2.05) is 35.2 Å². The number of hydrogen-bond acceptors (Lipinski definition) is 6. The Kier molecular flexibility index (Phi) is 14.1. The molecule has 0 radical (unpaired) electrons. The number of ether oxygens (including phenoxy) is 1. The zero-order chi connectivity index (χ0) is 21.0. The van der Waals surface area contributed by atoms with Crippen molar-refractivity contribution in [2.45, 2.75) is 6.92 Å². The number of esters is 1. The van der Waals surface area contributed by atoms with Gasteiger partial charge in [-0.2, -0.15) is 0 Å². The van der Waals surface area contributed by atoms with E-state index < -0.39 is 14.1 Å². The molecule has 0 saturated carbocycles. The zero-order valence-corrected chi connectivity index (χ0v) is 18.3. The van der Waals surface area contributed by atoms with Crippen molar-refractivity contribution in [3.63, 3.8) is 0 Å². The second kappa shape index (κ2) is 13.3. The van der Waals surface area contributed by atoms with Gasteiger partial charge in [0.2, 0.25) is 5.52 Å². The van der Waals surface area contributed by atoms with Crippen LogP contribution in [0.3, 0.4) is 0 Å². The Morgan fingerprint density at radius 2 is 1.77 bits per heavy atom. The van der Waals surface area contributed by atoms with E-state index in [9.17, 15) is 19.0 Å². The molecule has 0 aromatic heterocycles. The molecule has 0 aliphatic carbocycles. The first-order chi connectivity index (χ1) is 11.8. The summed E-state index contributed by atoms with van der Waals surface area (Å²) < 4.78 is 15.6. The van der Waals surface area contributed by atoms with Gasteiger partial charge >= 0.3 is 61.0 Å². The third-order valence-electron chi connectivity index (χ3n) is 2.75. The molecule has 0 saturated heterocycles. The van der Waals surface area contributed by atoms with Crippen LogP contribution >= 0.6 is 16.1 Å². The monoisotopic (exact) mass is 410 g/mol. The molecule has 0 aliphatic heterocycles. The van der Waals surface area contributed by atoms with Crippen LogP contribution in [0.1, 0.15) is 6.92 Å². The SMILES string of the molecule is C=C(C)C(=O)OCCP(O)C(=O)C[N+](C)(C)C.C[N+](C)(C#P=O)CCO. The number of aliphatic hydroxyl groups excluding tert-OH is 1. The molecule has 1 unspecified atom stereocenters. The van der Waals surface area contributed by atoms with Gasteiger partial charge in [0.1, 0.15) is 14.7 Å². The van der Waals surface area contributed by atoms with Gasteiger partial charge in [-0.25, -0.2) is 4.79 Å². The van der Waals surface area contributed by atoms with Crippen molar-refractivity contribution < 1.29 is 37.9 Å². The Morgan fingerprint density at radius 1 is 1.23 bits per heavy atom. The van der Waals surface area contributed by atoms with Gasteiger partial charge in [-0.3, -0.25) is 4.79 Å². The molecule has 0 heterocycles. The van der Waals surface area contributed by atoms with Gasteiger partial charge < -0.3 is 14.1 Å². The summed E-state index contributed by atoms with van der Waals surface area (Å²) >= 11 is 0. The van der Waals surface area contributed by atoms with Crippen molar-refractivity contribution in [3.8, 4) is 5.75 Å². The fourth-order valence-electron chi connectivity index (χ4n) is 1.37. The number of rotatable bonds is 9. The topological polar surface area (TPSA) is 101 Å². The molecule has 0 aromatic rings. The predicted molar refractivity (Wildman–Crippen MR) is 103 cm³/mol. The van der Waals surface area contributed by atoms with E-state index in [4.69, 9.17) is 9.84 Å². The minimum atomic E-state index is -1.72. The molecular weight excluding hydrogens is 378 g/mol. The molecule has 150 valence electrons. The third-order valence-corrected chi connectivity index (χ3v) is 4.70. The van der Waals surface area contributed by atoms with E-state index in [0.29, 0.717) is 21.1 Å². The van der Waals surface area contributed by atoms with E-state index in [2.05, 4.69) is 12.3 Å². The molecule has 26 heavy (non-hydrogen) atoms. The van der Waals surface area contributed by atoms with Crippen LogP contribution in [-0.4, -0.2) is 98.2 Å². The maximum absolute atomic E-state index is 11.6. The number of nitrogens with zero attached hydrogens (tertiary/aromatic N) is 2. The molecule has 0 spiro atoms. The van der Waals surface area contributed by atoms with Crippen molar-refractivity contribution in [2.24, 2.45) is 0 Å². The van der Waals surface area contributed by atoms with Crippen molar-refractivity contribution in [1.29, 1.82) is 0 Å². The summed E-state index contributed by atoms with van der Waals surface area (Å²) in [7, 11) is 7.45. The Labute approximate surface area is 158 Å². The number of carbonyl (C=O) groups is 2. The first-order valence-electron chi connectivity index (χ1n) is 7.91. The van der Waals surface area contributed by atoms with Gasteiger partial charge in [0.25, 0.3) is 0 Å². The van der Waals surface area contributed by atoms with E-state index in [-0.39, 0.29) is 39.4 Å². The van der Waals surface area contributed by atoms with Crippen LogP contribution in [0.5, 0.6) is 0 Å². The molecule has 0 fully saturated rings. The standard InChI is InChI=1S/C11H21NO4P.C5H11NO2P/c1-9(2)11(14)16-6-7-17(15)10(13)8-12(3,4)5;1-6(2,3-4-7)5-9-8/h15H,1,6-8H2,2-5H3;7H,3-4H2,1-2H3/q2*+1. The van der Waals surface area contributed by atoms with Crippen molar-refractivity contribution in [2.75, 3.05) is 67.7 Å². The van der Waals surface area contributed by atoms with E-state index in [0.717, 1.165) is 0 Å². The van der Waals surface area contributed by atoms with Gasteiger partial charge in [-0.15, -0.1) is 0 Å². The summed E-state index contributed by atoms with van der Waals surface area (Å²) in [5, 5.41) is 8.47. The Hall–Kier alpha value is -0.840. The van der Waals surface area contributed by atoms with Crippen molar-refractivity contribution in [3.05, 3.63) is 12.2 Å². The molecule has 8 nitrogen and oxygen atoms in total. The van der Waals surface area contributed by atoms with Gasteiger partial charge in [-0.1, -0.05) is 6.58 Å². The van der Waals surface area contributed by atoms with Crippen LogP contribution in [0, 0.1) is 5.75 Å². The first-order valence-corrected chi connectivity index (χ1v) is 10.2. The number of carbonyl (C=O) groups excluding carboxylic acids is 2. The van der Waals surface area contributed by atoms with Crippen LogP contribution in [-0.2, 0) is 18.9 Å². The molecule has 10 heteroatoms. The Bertz CT molecular complexity index is 581. The second-order valence-electron chi connectivity index (χ2n) is 7.21. The van der Waals surface area contributed by atoms with Crippen LogP contribution in [0.15, 0.2) is 12.2 Å². The van der Waals surface area contributed by atoms with Crippen molar-refractivity contribution >= 4 is 27.6 Å². The summed E-state index contributed by atoms with van der Waals surface area (Å²) in [4.78, 5) is 32.2. The van der Waals surface area contributed by atoms with E-state index >= 15 is 0 Å². The van der Waals surface area contributed by atoms with Crippen LogP contribution in [0.2, 0.25) is 0 Å². The maximum atomic E-state index is 11.6. The number of quaternary nitrogens is 2. The summed E-state index contributed by atoms with van der Waals surface area (Å²) in [6, 6.07) is 0. The van der Waals surface area contributed by atoms with E-state index in [1.165, 1.54) is 0 Å². The Morgan fingerprint density at radius 3 is 2.15 bits per heavy atom. The van der Waals surface area contributed by atoms with Crippen LogP contribution in [0.25, 0.3) is 0 Å². The predicted octanol–water partition coefficient (Wildman–Crippen LogP) is 0.991. The fourth-order valence-corrected chi connectivity index (χ4v) is 2.79. The fraction of sp³-hybridized carbons (Fsp3) is 0.688. The molecule has 0 bridgehead atoms. The molecular formula is C16H32N2O6P2+2. The third kappa shape index (κ3) is 16.6. The van der Waals surface area contributed by atoms with Gasteiger partial charge in [0.05, 0.1) is 27.7 Å². The Balaban J connectivity index is 0. The van der Waals surface area contributed by atoms with E-state index in [1.54, 1.807) is 6.92 Å². The van der Waals surface area contributed by atoms with Crippen molar-refractivity contribution in [1.82, 2.24) is 0 Å². The summed E-state index contributed by atoms with van der Waals surface area (Å²) in [5.74, 6) is 2.12. The molecule has 2 N–H and O–H groups in total. The molecule has 0 aliphatic rings. The van der Waals surface area contributed by atoms with Gasteiger partial charge in [0, 0.05) is 11.7 Å². The average molecular weight is 410 g/mol. The van der Waals surface area contributed by atoms with Gasteiger partial charge in [0.15, 0.2) is 0 Å². The summed E-state index contributed by atoms with van der Waals surface area (Å²) in [6.45, 7) is 5.95. The number of aliphatic hydroxyl groups is 1. The summed E-state index contributed by atoms with van der Waals surface area (Å²) in [6.07, 6.45) is 0.188. The molecule has 0 aromatic carbocycles. The molecule has 1 atom stereocenters. The average Bonchev–Trinajstić information content (AvgIpc) is 2.45. The number of likely N-dealkylation sites (N-methyl/N-ethyl adjacent to an activating group) is 2. The molecule has 0 rings (SSSR count). The van der Waals surface area contributed by atoms with Crippen LogP contribution in [0.4, 0.5) is 0 Å². The number of hydrogen-bond donors (Lipinski definition) is 2. The normalized spacial score (nSPS) is 12.2. The quantitative estimate of drug-likeness (QED) is 0.255. The van der Waals surface area contributed by atoms with Crippen LogP contribution < -0.4 is 0 Å². The zero-order valence-electron chi connectivity index (χ0n) is 16.6.